The lowest BCUT2D eigenvalue weighted by Crippen LogP contribution is -2.34. The molecule has 2 heterocycles. The van der Waals surface area contributed by atoms with Crippen LogP contribution in [-0.4, -0.2) is 41.0 Å². The fraction of sp³-hybridized carbons (Fsp3) is 0.600. The van der Waals surface area contributed by atoms with E-state index in [9.17, 15) is 14.7 Å². The summed E-state index contributed by atoms with van der Waals surface area (Å²) in [6.45, 7) is 11.9. The molecule has 0 bridgehead atoms. The third kappa shape index (κ3) is 4.18. The van der Waals surface area contributed by atoms with Crippen LogP contribution in [0.4, 0.5) is 0 Å². The van der Waals surface area contributed by atoms with Crippen molar-refractivity contribution in [1.29, 1.82) is 0 Å². The second-order valence-corrected chi connectivity index (χ2v) is 7.96. The van der Waals surface area contributed by atoms with E-state index in [-0.39, 0.29) is 17.5 Å². The van der Waals surface area contributed by atoms with E-state index in [1.165, 1.54) is 4.90 Å². The number of nitrogens with zero attached hydrogens (tertiary/aromatic N) is 1. The van der Waals surface area contributed by atoms with Crippen LogP contribution in [-0.2, 0) is 14.3 Å². The fourth-order valence-electron chi connectivity index (χ4n) is 2.97. The molecule has 0 aliphatic carbocycles. The molecule has 1 aliphatic rings. The molecule has 0 spiro atoms. The van der Waals surface area contributed by atoms with E-state index in [2.05, 4.69) is 0 Å². The van der Waals surface area contributed by atoms with Gasteiger partial charge in [-0.1, -0.05) is 20.8 Å². The first kappa shape index (κ1) is 20.2. The summed E-state index contributed by atoms with van der Waals surface area (Å²) < 4.78 is 11.2. The Kier molecular flexibility index (Phi) is 5.96. The first-order chi connectivity index (χ1) is 12.0. The van der Waals surface area contributed by atoms with Crippen molar-refractivity contribution in [2.24, 2.45) is 5.41 Å². The molecular formula is C20H29NO5. The second-order valence-electron chi connectivity index (χ2n) is 7.96. The number of ether oxygens (including phenoxy) is 1. The normalized spacial score (nSPS) is 18.3. The molecule has 0 aromatic carbocycles. The van der Waals surface area contributed by atoms with Gasteiger partial charge in [0.15, 0.2) is 11.5 Å². The zero-order chi connectivity index (χ0) is 19.6. The first-order valence-corrected chi connectivity index (χ1v) is 9.01. The molecule has 1 N–H and O–H groups in total. The summed E-state index contributed by atoms with van der Waals surface area (Å²) in [5.74, 6) is -0.111. The van der Waals surface area contributed by atoms with Gasteiger partial charge in [0.2, 0.25) is 0 Å². The van der Waals surface area contributed by atoms with E-state index in [0.29, 0.717) is 31.1 Å². The fourth-order valence-corrected chi connectivity index (χ4v) is 2.97. The number of hydrogen-bond donors (Lipinski definition) is 1. The molecule has 1 amide bonds. The smallest absolute Gasteiger partial charge is 0.290 e. The van der Waals surface area contributed by atoms with E-state index in [1.807, 2.05) is 13.8 Å². The van der Waals surface area contributed by atoms with Crippen LogP contribution in [0.15, 0.2) is 27.9 Å². The van der Waals surface area contributed by atoms with E-state index in [4.69, 9.17) is 9.15 Å². The highest BCUT2D eigenvalue weighted by molar-refractivity contribution is 6.10. The first-order valence-electron chi connectivity index (χ1n) is 9.01. The van der Waals surface area contributed by atoms with Crippen LogP contribution in [0.2, 0.25) is 0 Å². The molecule has 1 aromatic rings. The average molecular weight is 363 g/mol. The molecule has 0 fully saturated rings. The van der Waals surface area contributed by atoms with Gasteiger partial charge in [0.1, 0.15) is 17.6 Å². The summed E-state index contributed by atoms with van der Waals surface area (Å²) in [7, 11) is 0. The third-order valence-electron chi connectivity index (χ3n) is 4.25. The quantitative estimate of drug-likeness (QED) is 0.747. The molecular weight excluding hydrogens is 334 g/mol. The molecule has 2 rings (SSSR count). The number of furan rings is 1. The molecule has 0 saturated carbocycles. The van der Waals surface area contributed by atoms with Crippen molar-refractivity contribution in [2.45, 2.75) is 60.1 Å². The van der Waals surface area contributed by atoms with Crippen molar-refractivity contribution in [2.75, 3.05) is 13.2 Å². The molecule has 1 aliphatic heterocycles. The van der Waals surface area contributed by atoms with Crippen molar-refractivity contribution in [3.8, 4) is 0 Å². The molecule has 26 heavy (non-hydrogen) atoms. The lowest BCUT2D eigenvalue weighted by molar-refractivity contribution is -0.129. The van der Waals surface area contributed by atoms with Gasteiger partial charge in [-0.3, -0.25) is 9.59 Å². The van der Waals surface area contributed by atoms with Gasteiger partial charge in [0.05, 0.1) is 11.7 Å². The van der Waals surface area contributed by atoms with Crippen LogP contribution in [0.25, 0.3) is 0 Å². The Balaban J connectivity index is 2.34. The number of rotatable bonds is 7. The summed E-state index contributed by atoms with van der Waals surface area (Å²) in [5.41, 5.74) is -0.609. The Morgan fingerprint density at radius 1 is 1.35 bits per heavy atom. The Morgan fingerprint density at radius 3 is 2.50 bits per heavy atom. The highest BCUT2D eigenvalue weighted by Gasteiger charge is 2.47. The minimum absolute atomic E-state index is 0.109. The number of hydrogen-bond acceptors (Lipinski definition) is 5. The predicted molar refractivity (Wildman–Crippen MR) is 97.7 cm³/mol. The number of Topliss-reactive ketones (excluding diaryl/α,β-unsaturated/α-hetero) is 1. The summed E-state index contributed by atoms with van der Waals surface area (Å²) in [4.78, 5) is 27.1. The Morgan fingerprint density at radius 2 is 2.00 bits per heavy atom. The van der Waals surface area contributed by atoms with Gasteiger partial charge < -0.3 is 19.2 Å². The average Bonchev–Trinajstić information content (AvgIpc) is 3.05. The third-order valence-corrected chi connectivity index (χ3v) is 4.25. The molecule has 6 heteroatoms. The predicted octanol–water partition coefficient (Wildman–Crippen LogP) is 3.71. The van der Waals surface area contributed by atoms with Crippen molar-refractivity contribution >= 4 is 11.7 Å². The second kappa shape index (κ2) is 7.66. The van der Waals surface area contributed by atoms with Gasteiger partial charge >= 0.3 is 0 Å². The molecule has 1 atom stereocenters. The van der Waals surface area contributed by atoms with Gasteiger partial charge in [-0.15, -0.1) is 0 Å². The standard InChI is InChI=1S/C20H29NO5/c1-12(2)25-11-7-10-21-16(14-9-8-13(3)26-14)15(17(22)19(21)24)18(23)20(4,5)6/h8-9,12,16,22H,7,10-11H2,1-6H3. The molecule has 0 saturated heterocycles. The number of ketones is 1. The molecule has 0 radical (unpaired) electrons. The zero-order valence-corrected chi connectivity index (χ0v) is 16.5. The van der Waals surface area contributed by atoms with E-state index in [1.54, 1.807) is 39.8 Å². The SMILES string of the molecule is Cc1ccc(C2C(C(=O)C(C)(C)C)=C(O)C(=O)N2CCCOC(C)C)o1. The highest BCUT2D eigenvalue weighted by Crippen LogP contribution is 2.41. The van der Waals surface area contributed by atoms with Gasteiger partial charge in [-0.25, -0.2) is 0 Å². The molecule has 144 valence electrons. The minimum Gasteiger partial charge on any atom is -0.503 e. The molecule has 6 nitrogen and oxygen atoms in total. The van der Waals surface area contributed by atoms with Crippen LogP contribution in [0, 0.1) is 12.3 Å². The Bertz CT molecular complexity index is 708. The molecule has 1 aromatic heterocycles. The van der Waals surface area contributed by atoms with Gasteiger partial charge in [0.25, 0.3) is 5.91 Å². The summed E-state index contributed by atoms with van der Waals surface area (Å²) in [6.07, 6.45) is 0.710. The van der Waals surface area contributed by atoms with Gasteiger partial charge in [-0.05, 0) is 39.3 Å². The van der Waals surface area contributed by atoms with Crippen LogP contribution in [0.3, 0.4) is 0 Å². The number of carbonyl (C=O) groups excluding carboxylic acids is 2. The summed E-state index contributed by atoms with van der Waals surface area (Å²) in [6, 6.07) is 2.83. The van der Waals surface area contributed by atoms with Gasteiger partial charge in [0, 0.05) is 18.6 Å². The number of amides is 1. The van der Waals surface area contributed by atoms with Crippen LogP contribution in [0.1, 0.15) is 58.6 Å². The minimum atomic E-state index is -0.722. The van der Waals surface area contributed by atoms with Crippen molar-refractivity contribution < 1.29 is 23.8 Å². The van der Waals surface area contributed by atoms with Crippen LogP contribution in [0.5, 0.6) is 0 Å². The maximum Gasteiger partial charge on any atom is 0.290 e. The summed E-state index contributed by atoms with van der Waals surface area (Å²) in [5, 5.41) is 10.4. The number of carbonyl (C=O) groups is 2. The lowest BCUT2D eigenvalue weighted by Gasteiger charge is -2.27. The van der Waals surface area contributed by atoms with Crippen molar-refractivity contribution in [3.63, 3.8) is 0 Å². The Hall–Kier alpha value is -2.08. The number of aliphatic hydroxyl groups is 1. The lowest BCUT2D eigenvalue weighted by atomic mass is 9.83. The monoisotopic (exact) mass is 363 g/mol. The topological polar surface area (TPSA) is 80.0 Å². The maximum atomic E-state index is 12.9. The maximum absolute atomic E-state index is 12.9. The van der Waals surface area contributed by atoms with Crippen LogP contribution < -0.4 is 0 Å². The van der Waals surface area contributed by atoms with Gasteiger partial charge in [-0.2, -0.15) is 0 Å². The largest absolute Gasteiger partial charge is 0.503 e. The molecule has 1 unspecified atom stereocenters. The number of aryl methyl sites for hydroxylation is 1. The summed E-state index contributed by atoms with van der Waals surface area (Å²) >= 11 is 0. The van der Waals surface area contributed by atoms with Crippen molar-refractivity contribution in [3.05, 3.63) is 35.0 Å². The van der Waals surface area contributed by atoms with E-state index >= 15 is 0 Å². The number of aliphatic hydroxyl groups excluding tert-OH is 1. The zero-order valence-electron chi connectivity index (χ0n) is 16.5. The van der Waals surface area contributed by atoms with E-state index in [0.717, 1.165) is 0 Å². The highest BCUT2D eigenvalue weighted by atomic mass is 16.5. The Labute approximate surface area is 154 Å². The van der Waals surface area contributed by atoms with Crippen molar-refractivity contribution in [1.82, 2.24) is 4.90 Å². The van der Waals surface area contributed by atoms with E-state index < -0.39 is 23.1 Å². The van der Waals surface area contributed by atoms with Crippen LogP contribution >= 0.6 is 0 Å².